The average molecular weight is 368 g/mol. The fourth-order valence-corrected chi connectivity index (χ4v) is 4.02. The standard InChI is InChI=1S/C19H29NO4S/c1-18(2,3)15-11-13(12-16(17(15)21)19(4,5)6)10-14-8-9-24-20(7)25(14,22)23/h10-12,21H,8-9H2,1-7H3. The lowest BCUT2D eigenvalue weighted by Crippen LogP contribution is -2.33. The van der Waals surface area contributed by atoms with Crippen LogP contribution in [0.2, 0.25) is 0 Å². The molecule has 2 rings (SSSR count). The Morgan fingerprint density at radius 1 is 1.08 bits per heavy atom. The number of nitrogens with zero attached hydrogens (tertiary/aromatic N) is 1. The Labute approximate surface area is 151 Å². The molecule has 0 amide bonds. The first kappa shape index (κ1) is 19.9. The second-order valence-corrected chi connectivity index (χ2v) is 10.6. The quantitative estimate of drug-likeness (QED) is 0.817. The number of hydroxylamine groups is 1. The molecule has 1 heterocycles. The molecule has 1 aliphatic heterocycles. The van der Waals surface area contributed by atoms with Crippen molar-refractivity contribution < 1.29 is 18.4 Å². The molecule has 1 aliphatic rings. The number of hydrogen-bond acceptors (Lipinski definition) is 4. The average Bonchev–Trinajstić information content (AvgIpc) is 2.43. The lowest BCUT2D eigenvalue weighted by molar-refractivity contribution is -0.0689. The molecule has 1 saturated heterocycles. The summed E-state index contributed by atoms with van der Waals surface area (Å²) >= 11 is 0. The molecule has 0 aliphatic carbocycles. The van der Waals surface area contributed by atoms with Crippen LogP contribution in [0.3, 0.4) is 0 Å². The molecule has 0 bridgehead atoms. The van der Waals surface area contributed by atoms with Gasteiger partial charge < -0.3 is 5.11 Å². The second-order valence-electron chi connectivity index (χ2n) is 8.57. The van der Waals surface area contributed by atoms with Gasteiger partial charge in [0.05, 0.1) is 11.5 Å². The van der Waals surface area contributed by atoms with E-state index in [9.17, 15) is 13.5 Å². The van der Waals surface area contributed by atoms with Crippen LogP contribution in [0, 0.1) is 0 Å². The minimum atomic E-state index is -3.60. The summed E-state index contributed by atoms with van der Waals surface area (Å²) in [7, 11) is -2.19. The Balaban J connectivity index is 2.68. The Hall–Kier alpha value is -1.37. The lowest BCUT2D eigenvalue weighted by Gasteiger charge is -2.28. The van der Waals surface area contributed by atoms with Crippen molar-refractivity contribution in [2.75, 3.05) is 13.7 Å². The normalized spacial score (nSPS) is 20.8. The van der Waals surface area contributed by atoms with E-state index in [2.05, 4.69) is 0 Å². The highest BCUT2D eigenvalue weighted by molar-refractivity contribution is 7.93. The van der Waals surface area contributed by atoms with Gasteiger partial charge >= 0.3 is 0 Å². The fraction of sp³-hybridized carbons (Fsp3) is 0.579. The maximum Gasteiger partial charge on any atom is 0.260 e. The van der Waals surface area contributed by atoms with Gasteiger partial charge in [0.15, 0.2) is 0 Å². The van der Waals surface area contributed by atoms with E-state index in [4.69, 9.17) is 4.84 Å². The van der Waals surface area contributed by atoms with Crippen molar-refractivity contribution in [3.8, 4) is 5.75 Å². The van der Waals surface area contributed by atoms with E-state index >= 15 is 0 Å². The highest BCUT2D eigenvalue weighted by Gasteiger charge is 2.30. The van der Waals surface area contributed by atoms with Crippen molar-refractivity contribution >= 4 is 16.1 Å². The van der Waals surface area contributed by atoms with E-state index in [-0.39, 0.29) is 16.6 Å². The van der Waals surface area contributed by atoms with Crippen LogP contribution in [-0.2, 0) is 25.7 Å². The number of rotatable bonds is 1. The molecular weight excluding hydrogens is 338 g/mol. The molecule has 6 heteroatoms. The number of benzene rings is 1. The molecule has 0 saturated carbocycles. The van der Waals surface area contributed by atoms with Crippen LogP contribution < -0.4 is 0 Å². The molecule has 5 nitrogen and oxygen atoms in total. The number of phenols is 1. The second kappa shape index (κ2) is 6.41. The van der Waals surface area contributed by atoms with Crippen LogP contribution in [0.1, 0.15) is 64.7 Å². The molecule has 1 fully saturated rings. The predicted octanol–water partition coefficient (Wildman–Crippen LogP) is 3.93. The summed E-state index contributed by atoms with van der Waals surface area (Å²) in [4.78, 5) is 5.43. The number of aromatic hydroxyl groups is 1. The zero-order valence-electron chi connectivity index (χ0n) is 16.2. The summed E-state index contributed by atoms with van der Waals surface area (Å²) in [5.74, 6) is 0.286. The van der Waals surface area contributed by atoms with Crippen LogP contribution in [0.15, 0.2) is 17.0 Å². The molecule has 0 atom stereocenters. The van der Waals surface area contributed by atoms with Gasteiger partial charge in [-0.05, 0) is 34.6 Å². The highest BCUT2D eigenvalue weighted by atomic mass is 32.2. The highest BCUT2D eigenvalue weighted by Crippen LogP contribution is 2.40. The largest absolute Gasteiger partial charge is 0.507 e. The van der Waals surface area contributed by atoms with Crippen molar-refractivity contribution in [3.63, 3.8) is 0 Å². The first-order valence-corrected chi connectivity index (χ1v) is 9.89. The summed E-state index contributed by atoms with van der Waals surface area (Å²) in [5, 5.41) is 10.8. The number of hydrogen-bond donors (Lipinski definition) is 1. The van der Waals surface area contributed by atoms with E-state index in [1.54, 1.807) is 6.08 Å². The van der Waals surface area contributed by atoms with Gasteiger partial charge in [0.25, 0.3) is 10.0 Å². The molecule has 0 radical (unpaired) electrons. The molecule has 0 aromatic heterocycles. The molecule has 1 aromatic carbocycles. The third kappa shape index (κ3) is 4.07. The van der Waals surface area contributed by atoms with E-state index < -0.39 is 10.0 Å². The maximum atomic E-state index is 12.4. The summed E-state index contributed by atoms with van der Waals surface area (Å²) < 4.78 is 25.8. The number of sulfonamides is 1. The Kier molecular flexibility index (Phi) is 5.12. The van der Waals surface area contributed by atoms with Gasteiger partial charge in [0.2, 0.25) is 0 Å². The van der Waals surface area contributed by atoms with Crippen molar-refractivity contribution in [1.82, 2.24) is 4.47 Å². The Bertz CT molecular complexity index is 761. The van der Waals surface area contributed by atoms with E-state index in [1.807, 2.05) is 53.7 Å². The van der Waals surface area contributed by atoms with Crippen molar-refractivity contribution in [1.29, 1.82) is 0 Å². The summed E-state index contributed by atoms with van der Waals surface area (Å²) in [6, 6.07) is 3.76. The number of phenolic OH excluding ortho intramolecular Hbond substituents is 1. The third-order valence-electron chi connectivity index (χ3n) is 4.37. The van der Waals surface area contributed by atoms with Gasteiger partial charge in [-0.25, -0.2) is 8.42 Å². The SMILES string of the molecule is CN1OCCC(=Cc2cc(C(C)(C)C)c(O)c(C(C)(C)C)c2)S1(=O)=O. The first-order valence-electron chi connectivity index (χ1n) is 8.45. The molecule has 140 valence electrons. The molecule has 25 heavy (non-hydrogen) atoms. The third-order valence-corrected chi connectivity index (χ3v) is 6.13. The van der Waals surface area contributed by atoms with Crippen LogP contribution >= 0.6 is 0 Å². The van der Waals surface area contributed by atoms with Crippen LogP contribution in [0.5, 0.6) is 5.75 Å². The topological polar surface area (TPSA) is 66.8 Å². The zero-order valence-corrected chi connectivity index (χ0v) is 17.0. The van der Waals surface area contributed by atoms with Gasteiger partial charge in [0, 0.05) is 24.6 Å². The maximum absolute atomic E-state index is 12.4. The van der Waals surface area contributed by atoms with Crippen LogP contribution in [0.25, 0.3) is 6.08 Å². The van der Waals surface area contributed by atoms with E-state index in [0.29, 0.717) is 17.9 Å². The summed E-state index contributed by atoms with van der Waals surface area (Å²) in [5.41, 5.74) is 1.88. The van der Waals surface area contributed by atoms with E-state index in [1.165, 1.54) is 7.05 Å². The van der Waals surface area contributed by atoms with Gasteiger partial charge in [0.1, 0.15) is 5.75 Å². The molecular formula is C19H29NO4S. The molecule has 0 unspecified atom stereocenters. The smallest absolute Gasteiger partial charge is 0.260 e. The molecule has 1 aromatic rings. The predicted molar refractivity (Wildman–Crippen MR) is 101 cm³/mol. The van der Waals surface area contributed by atoms with Crippen LogP contribution in [0.4, 0.5) is 0 Å². The Morgan fingerprint density at radius 2 is 1.56 bits per heavy atom. The van der Waals surface area contributed by atoms with E-state index in [0.717, 1.165) is 21.2 Å². The summed E-state index contributed by atoms with van der Waals surface area (Å²) in [6.45, 7) is 12.5. The Morgan fingerprint density at radius 3 is 2.00 bits per heavy atom. The van der Waals surface area contributed by atoms with Crippen molar-refractivity contribution in [3.05, 3.63) is 33.7 Å². The van der Waals surface area contributed by atoms with Gasteiger partial charge in [-0.2, -0.15) is 0 Å². The minimum absolute atomic E-state index is 0.260. The van der Waals surface area contributed by atoms with Gasteiger partial charge in [-0.1, -0.05) is 46.0 Å². The molecule has 1 N–H and O–H groups in total. The van der Waals surface area contributed by atoms with Crippen molar-refractivity contribution in [2.24, 2.45) is 0 Å². The van der Waals surface area contributed by atoms with Crippen molar-refractivity contribution in [2.45, 2.75) is 58.8 Å². The fourth-order valence-electron chi connectivity index (χ4n) is 2.85. The minimum Gasteiger partial charge on any atom is -0.507 e. The molecule has 0 spiro atoms. The lowest BCUT2D eigenvalue weighted by atomic mass is 9.78. The van der Waals surface area contributed by atoms with Gasteiger partial charge in [-0.3, -0.25) is 4.84 Å². The first-order chi connectivity index (χ1) is 11.2. The summed E-state index contributed by atoms with van der Waals surface area (Å²) in [6.07, 6.45) is 2.03. The monoisotopic (exact) mass is 367 g/mol. The van der Waals surface area contributed by atoms with Gasteiger partial charge in [-0.15, -0.1) is 0 Å². The van der Waals surface area contributed by atoms with Crippen LogP contribution in [-0.4, -0.2) is 31.6 Å². The zero-order chi connectivity index (χ0) is 19.2.